The third-order valence-corrected chi connectivity index (χ3v) is 4.81. The Morgan fingerprint density at radius 3 is 2.48 bits per heavy atom. The van der Waals surface area contributed by atoms with E-state index in [2.05, 4.69) is 36.5 Å². The molecule has 4 nitrogen and oxygen atoms in total. The summed E-state index contributed by atoms with van der Waals surface area (Å²) in [5.41, 5.74) is 4.12. The Bertz CT molecular complexity index is 794. The van der Waals surface area contributed by atoms with Gasteiger partial charge in [0.2, 0.25) is 11.8 Å². The fraction of sp³-hybridized carbons (Fsp3) is 0.391. The van der Waals surface area contributed by atoms with Crippen LogP contribution in [0.25, 0.3) is 0 Å². The van der Waals surface area contributed by atoms with Crippen LogP contribution < -0.4 is 10.2 Å². The molecular formula is C23H28N2O2. The minimum Gasteiger partial charge on any atom is -0.356 e. The van der Waals surface area contributed by atoms with E-state index in [9.17, 15) is 9.59 Å². The predicted octanol–water partition coefficient (Wildman–Crippen LogP) is 4.01. The van der Waals surface area contributed by atoms with Gasteiger partial charge < -0.3 is 10.2 Å². The molecule has 3 rings (SSSR count). The Balaban J connectivity index is 1.79. The average molecular weight is 364 g/mol. The minimum atomic E-state index is 0.0209. The van der Waals surface area contributed by atoms with Crippen molar-refractivity contribution < 1.29 is 9.59 Å². The number of benzene rings is 2. The molecule has 0 saturated heterocycles. The molecule has 27 heavy (non-hydrogen) atoms. The molecule has 0 unspecified atom stereocenters. The number of amides is 2. The first-order chi connectivity index (χ1) is 13.1. The zero-order valence-corrected chi connectivity index (χ0v) is 16.2. The number of carbonyl (C=O) groups is 2. The Kier molecular flexibility index (Phi) is 6.28. The summed E-state index contributed by atoms with van der Waals surface area (Å²) in [6.45, 7) is 5.34. The van der Waals surface area contributed by atoms with Gasteiger partial charge in [0.1, 0.15) is 0 Å². The highest BCUT2D eigenvalue weighted by Crippen LogP contribution is 2.33. The summed E-state index contributed by atoms with van der Waals surface area (Å²) in [5.74, 6) is 0.350. The van der Waals surface area contributed by atoms with Crippen molar-refractivity contribution in [1.29, 1.82) is 0 Å². The molecule has 1 fully saturated rings. The Morgan fingerprint density at radius 1 is 1.07 bits per heavy atom. The second kappa shape index (κ2) is 8.85. The normalized spacial score (nSPS) is 13.3. The number of hydrogen-bond donors (Lipinski definition) is 1. The molecule has 1 saturated carbocycles. The third kappa shape index (κ3) is 5.43. The van der Waals surface area contributed by atoms with Crippen LogP contribution in [-0.4, -0.2) is 18.4 Å². The van der Waals surface area contributed by atoms with Crippen molar-refractivity contribution in [3.05, 3.63) is 65.2 Å². The van der Waals surface area contributed by atoms with E-state index in [4.69, 9.17) is 0 Å². The zero-order valence-electron chi connectivity index (χ0n) is 16.2. The number of anilines is 1. The molecule has 2 aromatic carbocycles. The lowest BCUT2D eigenvalue weighted by Crippen LogP contribution is -2.32. The van der Waals surface area contributed by atoms with Crippen molar-refractivity contribution >= 4 is 17.5 Å². The van der Waals surface area contributed by atoms with Crippen molar-refractivity contribution in [2.45, 2.75) is 46.1 Å². The molecule has 1 aliphatic carbocycles. The first kappa shape index (κ1) is 19.2. The van der Waals surface area contributed by atoms with E-state index in [1.165, 1.54) is 5.56 Å². The molecule has 0 aromatic heterocycles. The van der Waals surface area contributed by atoms with Gasteiger partial charge >= 0.3 is 0 Å². The number of rotatable bonds is 8. The molecule has 4 heteroatoms. The number of nitrogens with one attached hydrogen (secondary N) is 1. The van der Waals surface area contributed by atoms with E-state index >= 15 is 0 Å². The minimum absolute atomic E-state index is 0.0209. The molecule has 1 N–H and O–H groups in total. The topological polar surface area (TPSA) is 49.4 Å². The first-order valence-corrected chi connectivity index (χ1v) is 9.79. The number of aryl methyl sites for hydroxylation is 1. The SMILES string of the molecule is CCCNC(=O)Cc1cccc(N(Cc2ccc(C)cc2)C(=O)C2CC2)c1. The van der Waals surface area contributed by atoms with E-state index in [1.54, 1.807) is 0 Å². The van der Waals surface area contributed by atoms with Crippen LogP contribution >= 0.6 is 0 Å². The van der Waals surface area contributed by atoms with Gasteiger partial charge in [-0.2, -0.15) is 0 Å². The Hall–Kier alpha value is -2.62. The lowest BCUT2D eigenvalue weighted by molar-refractivity contribution is -0.120. The fourth-order valence-corrected chi connectivity index (χ4v) is 3.07. The molecule has 0 aliphatic heterocycles. The molecule has 0 radical (unpaired) electrons. The van der Waals surface area contributed by atoms with Gasteiger partial charge in [-0.05, 0) is 49.4 Å². The summed E-state index contributed by atoms with van der Waals surface area (Å²) < 4.78 is 0. The van der Waals surface area contributed by atoms with Crippen LogP contribution in [-0.2, 0) is 22.6 Å². The summed E-state index contributed by atoms with van der Waals surface area (Å²) in [5, 5.41) is 2.91. The van der Waals surface area contributed by atoms with E-state index in [-0.39, 0.29) is 17.7 Å². The summed E-state index contributed by atoms with van der Waals surface area (Å²) in [6, 6.07) is 16.1. The lowest BCUT2D eigenvalue weighted by atomic mass is 10.1. The van der Waals surface area contributed by atoms with Gasteiger partial charge in [0, 0.05) is 18.2 Å². The third-order valence-electron chi connectivity index (χ3n) is 4.81. The molecule has 0 bridgehead atoms. The van der Waals surface area contributed by atoms with E-state index in [0.29, 0.717) is 19.5 Å². The van der Waals surface area contributed by atoms with E-state index in [1.807, 2.05) is 36.1 Å². The van der Waals surface area contributed by atoms with E-state index in [0.717, 1.165) is 36.1 Å². The maximum Gasteiger partial charge on any atom is 0.230 e. The smallest absolute Gasteiger partial charge is 0.230 e. The van der Waals surface area contributed by atoms with Crippen LogP contribution in [0.1, 0.15) is 42.9 Å². The average Bonchev–Trinajstić information content (AvgIpc) is 3.51. The molecular weight excluding hydrogens is 336 g/mol. The van der Waals surface area contributed by atoms with Crippen molar-refractivity contribution in [2.24, 2.45) is 5.92 Å². The van der Waals surface area contributed by atoms with Crippen LogP contribution in [0.2, 0.25) is 0 Å². The summed E-state index contributed by atoms with van der Waals surface area (Å²) in [6.07, 6.45) is 3.21. The van der Waals surface area contributed by atoms with Crippen molar-refractivity contribution in [1.82, 2.24) is 5.32 Å². The van der Waals surface area contributed by atoms with Gasteiger partial charge in [-0.1, -0.05) is 48.9 Å². The highest BCUT2D eigenvalue weighted by Gasteiger charge is 2.34. The van der Waals surface area contributed by atoms with Gasteiger partial charge in [-0.15, -0.1) is 0 Å². The van der Waals surface area contributed by atoms with Crippen LogP contribution in [0.3, 0.4) is 0 Å². The first-order valence-electron chi connectivity index (χ1n) is 9.79. The molecule has 142 valence electrons. The Labute approximate surface area is 161 Å². The second-order valence-electron chi connectivity index (χ2n) is 7.38. The van der Waals surface area contributed by atoms with Crippen LogP contribution in [0.4, 0.5) is 5.69 Å². The highest BCUT2D eigenvalue weighted by atomic mass is 16.2. The number of carbonyl (C=O) groups excluding carboxylic acids is 2. The maximum atomic E-state index is 12.9. The molecule has 1 aliphatic rings. The van der Waals surface area contributed by atoms with Crippen LogP contribution in [0.5, 0.6) is 0 Å². The van der Waals surface area contributed by atoms with Crippen molar-refractivity contribution in [3.8, 4) is 0 Å². The van der Waals surface area contributed by atoms with E-state index < -0.39 is 0 Å². The van der Waals surface area contributed by atoms with Gasteiger partial charge in [0.05, 0.1) is 13.0 Å². The monoisotopic (exact) mass is 364 g/mol. The quantitative estimate of drug-likeness (QED) is 0.769. The van der Waals surface area contributed by atoms with Gasteiger partial charge in [0.15, 0.2) is 0 Å². The largest absolute Gasteiger partial charge is 0.356 e. The summed E-state index contributed by atoms with van der Waals surface area (Å²) >= 11 is 0. The van der Waals surface area contributed by atoms with Crippen LogP contribution in [0.15, 0.2) is 48.5 Å². The molecule has 2 aromatic rings. The van der Waals surface area contributed by atoms with Gasteiger partial charge in [0.25, 0.3) is 0 Å². The maximum absolute atomic E-state index is 12.9. The van der Waals surface area contributed by atoms with Crippen molar-refractivity contribution in [3.63, 3.8) is 0 Å². The molecule has 0 atom stereocenters. The zero-order chi connectivity index (χ0) is 19.2. The van der Waals surface area contributed by atoms with Crippen LogP contribution in [0, 0.1) is 12.8 Å². The highest BCUT2D eigenvalue weighted by molar-refractivity contribution is 5.96. The molecule has 2 amide bonds. The lowest BCUT2D eigenvalue weighted by Gasteiger charge is -2.24. The molecule has 0 heterocycles. The summed E-state index contributed by atoms with van der Waals surface area (Å²) in [4.78, 5) is 26.8. The fourth-order valence-electron chi connectivity index (χ4n) is 3.07. The predicted molar refractivity (Wildman–Crippen MR) is 109 cm³/mol. The standard InChI is InChI=1S/C23H28N2O2/c1-3-13-24-22(26)15-19-5-4-6-21(14-19)25(23(27)20-11-12-20)16-18-9-7-17(2)8-10-18/h4-10,14,20H,3,11-13,15-16H2,1-2H3,(H,24,26). The van der Waals surface area contributed by atoms with Gasteiger partial charge in [-0.3, -0.25) is 9.59 Å². The van der Waals surface area contributed by atoms with Crippen molar-refractivity contribution in [2.75, 3.05) is 11.4 Å². The summed E-state index contributed by atoms with van der Waals surface area (Å²) in [7, 11) is 0. The second-order valence-corrected chi connectivity index (χ2v) is 7.38. The number of nitrogens with zero attached hydrogens (tertiary/aromatic N) is 1. The molecule has 0 spiro atoms. The Morgan fingerprint density at radius 2 is 1.81 bits per heavy atom. The van der Waals surface area contributed by atoms with Gasteiger partial charge in [-0.25, -0.2) is 0 Å². The number of hydrogen-bond acceptors (Lipinski definition) is 2.